The highest BCUT2D eigenvalue weighted by atomic mass is 32.2. The lowest BCUT2D eigenvalue weighted by Gasteiger charge is -2.08. The van der Waals surface area contributed by atoms with Crippen molar-refractivity contribution >= 4 is 10.2 Å². The highest BCUT2D eigenvalue weighted by Gasteiger charge is 2.26. The summed E-state index contributed by atoms with van der Waals surface area (Å²) in [7, 11) is -0.298. The third kappa shape index (κ3) is 6.26. The molecule has 1 heterocycles. The monoisotopic (exact) mass is 344 g/mol. The smallest absolute Gasteiger partial charge is 0.233 e. The van der Waals surface area contributed by atoms with Crippen LogP contribution < -0.4 is 4.57 Å². The minimum Gasteiger partial charge on any atom is -0.233 e. The first-order chi connectivity index (χ1) is 10.9. The number of nitrogens with zero attached hydrogens (tertiary/aromatic N) is 3. The van der Waals surface area contributed by atoms with E-state index in [0.717, 1.165) is 18.8 Å². The van der Waals surface area contributed by atoms with Gasteiger partial charge in [-0.2, -0.15) is 12.7 Å². The van der Waals surface area contributed by atoms with E-state index in [2.05, 4.69) is 6.92 Å². The van der Waals surface area contributed by atoms with Crippen LogP contribution in [0, 0.1) is 6.92 Å². The van der Waals surface area contributed by atoms with Crippen LogP contribution in [0.15, 0.2) is 12.4 Å². The summed E-state index contributed by atoms with van der Waals surface area (Å²) in [5, 5.41) is 0. The third-order valence-corrected chi connectivity index (χ3v) is 6.14. The lowest BCUT2D eigenvalue weighted by molar-refractivity contribution is -0.702. The highest BCUT2D eigenvalue weighted by molar-refractivity contribution is 7.87. The summed E-state index contributed by atoms with van der Waals surface area (Å²) >= 11 is 0. The first-order valence-corrected chi connectivity index (χ1v) is 10.3. The number of hydrogen-bond acceptors (Lipinski definition) is 2. The first kappa shape index (κ1) is 20.2. The molecule has 6 heteroatoms. The normalized spacial score (nSPS) is 12.2. The Morgan fingerprint density at radius 3 is 2.04 bits per heavy atom. The SMILES string of the molecule is CCCCCCCCCCC[n+]1ccn(S(=O)(=O)N(C)C)c1C. The van der Waals surface area contributed by atoms with E-state index in [-0.39, 0.29) is 0 Å². The van der Waals surface area contributed by atoms with Crippen LogP contribution in [0.4, 0.5) is 0 Å². The van der Waals surface area contributed by atoms with Crippen LogP contribution in [0.1, 0.15) is 70.5 Å². The lowest BCUT2D eigenvalue weighted by Crippen LogP contribution is -2.38. The summed E-state index contributed by atoms with van der Waals surface area (Å²) in [4.78, 5) is 0. The van der Waals surface area contributed by atoms with Crippen LogP contribution in [-0.4, -0.2) is 30.8 Å². The maximum absolute atomic E-state index is 12.2. The fourth-order valence-electron chi connectivity index (χ4n) is 2.73. The predicted molar refractivity (Wildman–Crippen MR) is 94.6 cm³/mol. The number of aromatic nitrogens is 2. The second-order valence-electron chi connectivity index (χ2n) is 6.45. The van der Waals surface area contributed by atoms with Crippen LogP contribution in [-0.2, 0) is 16.8 Å². The molecule has 0 radical (unpaired) electrons. The summed E-state index contributed by atoms with van der Waals surface area (Å²) in [6.45, 7) is 4.99. The molecule has 0 N–H and O–H groups in total. The van der Waals surface area contributed by atoms with Crippen molar-refractivity contribution in [2.75, 3.05) is 14.1 Å². The molecule has 1 rings (SSSR count). The summed E-state index contributed by atoms with van der Waals surface area (Å²) in [6.07, 6.45) is 15.2. The van der Waals surface area contributed by atoms with Crippen molar-refractivity contribution in [2.24, 2.45) is 0 Å². The second-order valence-corrected chi connectivity index (χ2v) is 8.47. The number of unbranched alkanes of at least 4 members (excludes halogenated alkanes) is 8. The Morgan fingerprint density at radius 2 is 1.52 bits per heavy atom. The third-order valence-electron chi connectivity index (χ3n) is 4.33. The van der Waals surface area contributed by atoms with E-state index in [4.69, 9.17) is 0 Å². The molecular weight excluding hydrogens is 310 g/mol. The fourth-order valence-corrected chi connectivity index (χ4v) is 3.73. The second kappa shape index (κ2) is 10.1. The first-order valence-electron chi connectivity index (χ1n) is 8.91. The zero-order chi connectivity index (χ0) is 17.3. The van der Waals surface area contributed by atoms with Crippen LogP contribution in [0.3, 0.4) is 0 Å². The van der Waals surface area contributed by atoms with Gasteiger partial charge in [-0.05, 0) is 12.8 Å². The molecule has 0 bridgehead atoms. The van der Waals surface area contributed by atoms with E-state index >= 15 is 0 Å². The van der Waals surface area contributed by atoms with E-state index < -0.39 is 10.2 Å². The summed E-state index contributed by atoms with van der Waals surface area (Å²) in [6, 6.07) is 0. The number of imidazole rings is 1. The van der Waals surface area contributed by atoms with Gasteiger partial charge in [0.1, 0.15) is 12.4 Å². The van der Waals surface area contributed by atoms with E-state index in [1.165, 1.54) is 59.6 Å². The molecule has 1 aromatic heterocycles. The fraction of sp³-hybridized carbons (Fsp3) is 0.824. The summed E-state index contributed by atoms with van der Waals surface area (Å²) < 4.78 is 28.9. The molecule has 0 atom stereocenters. The number of rotatable bonds is 12. The van der Waals surface area contributed by atoms with Gasteiger partial charge >= 0.3 is 10.2 Å². The van der Waals surface area contributed by atoms with Crippen molar-refractivity contribution in [2.45, 2.75) is 78.2 Å². The Morgan fingerprint density at radius 1 is 1.00 bits per heavy atom. The molecule has 134 valence electrons. The molecule has 1 aromatic rings. The predicted octanol–water partition coefficient (Wildman–Crippen LogP) is 3.27. The van der Waals surface area contributed by atoms with Crippen LogP contribution >= 0.6 is 0 Å². The van der Waals surface area contributed by atoms with Crippen LogP contribution in [0.25, 0.3) is 0 Å². The van der Waals surface area contributed by atoms with Crippen molar-refractivity contribution in [1.29, 1.82) is 0 Å². The zero-order valence-electron chi connectivity index (χ0n) is 15.3. The van der Waals surface area contributed by atoms with Gasteiger partial charge in [0.05, 0.1) is 6.54 Å². The van der Waals surface area contributed by atoms with Crippen molar-refractivity contribution in [3.05, 3.63) is 18.2 Å². The summed E-state index contributed by atoms with van der Waals surface area (Å²) in [5.41, 5.74) is 0. The Bertz CT molecular complexity index is 550. The van der Waals surface area contributed by atoms with Crippen molar-refractivity contribution < 1.29 is 13.0 Å². The molecule has 0 aliphatic heterocycles. The molecule has 0 aromatic carbocycles. The molecule has 0 saturated carbocycles. The van der Waals surface area contributed by atoms with Gasteiger partial charge in [0.25, 0.3) is 5.82 Å². The topological polar surface area (TPSA) is 46.2 Å². The van der Waals surface area contributed by atoms with Gasteiger partial charge < -0.3 is 0 Å². The van der Waals surface area contributed by atoms with Gasteiger partial charge in [0, 0.05) is 21.0 Å². The maximum atomic E-state index is 12.2. The van der Waals surface area contributed by atoms with Crippen LogP contribution in [0.2, 0.25) is 0 Å². The lowest BCUT2D eigenvalue weighted by atomic mass is 10.1. The molecule has 0 fully saturated rings. The average Bonchev–Trinajstić information content (AvgIpc) is 2.87. The van der Waals surface area contributed by atoms with Crippen molar-refractivity contribution in [3.8, 4) is 0 Å². The van der Waals surface area contributed by atoms with E-state index in [0.29, 0.717) is 0 Å². The number of aryl methyl sites for hydroxylation is 1. The molecule has 0 unspecified atom stereocenters. The van der Waals surface area contributed by atoms with Gasteiger partial charge in [-0.25, -0.2) is 4.57 Å². The maximum Gasteiger partial charge on any atom is 0.379 e. The van der Waals surface area contributed by atoms with Gasteiger partial charge in [-0.3, -0.25) is 0 Å². The number of hydrogen-bond donors (Lipinski definition) is 0. The Hall–Kier alpha value is -0.880. The van der Waals surface area contributed by atoms with Gasteiger partial charge in [0.15, 0.2) is 0 Å². The van der Waals surface area contributed by atoms with E-state index in [1.807, 2.05) is 17.7 Å². The van der Waals surface area contributed by atoms with Crippen molar-refractivity contribution in [3.63, 3.8) is 0 Å². The quantitative estimate of drug-likeness (QED) is 0.431. The molecule has 0 aliphatic rings. The van der Waals surface area contributed by atoms with Gasteiger partial charge in [0.2, 0.25) is 0 Å². The van der Waals surface area contributed by atoms with Crippen molar-refractivity contribution in [1.82, 2.24) is 8.28 Å². The van der Waals surface area contributed by atoms with Gasteiger partial charge in [-0.1, -0.05) is 51.9 Å². The average molecular weight is 345 g/mol. The molecule has 0 saturated heterocycles. The molecule has 0 amide bonds. The minimum absolute atomic E-state index is 0.762. The molecule has 0 spiro atoms. The van der Waals surface area contributed by atoms with Gasteiger partial charge in [-0.15, -0.1) is 3.97 Å². The van der Waals surface area contributed by atoms with Crippen LogP contribution in [0.5, 0.6) is 0 Å². The summed E-state index contributed by atoms with van der Waals surface area (Å²) in [5.74, 6) is 0.762. The zero-order valence-corrected chi connectivity index (χ0v) is 16.1. The standard InChI is InChI=1S/C17H34N3O2S/c1-5-6-7-8-9-10-11-12-13-14-19-15-16-20(17(19)2)23(21,22)18(3)4/h15-16H,5-14H2,1-4H3/q+1. The minimum atomic E-state index is -3.41. The molecule has 5 nitrogen and oxygen atoms in total. The molecular formula is C17H34N3O2S+. The Balaban J connectivity index is 2.30. The Labute approximate surface area is 142 Å². The molecule has 0 aliphatic carbocycles. The largest absolute Gasteiger partial charge is 0.379 e. The Kier molecular flexibility index (Phi) is 8.84. The highest BCUT2D eigenvalue weighted by Crippen LogP contribution is 2.10. The van der Waals surface area contributed by atoms with E-state index in [1.54, 1.807) is 20.3 Å². The molecule has 23 heavy (non-hydrogen) atoms. The van der Waals surface area contributed by atoms with E-state index in [9.17, 15) is 8.42 Å².